The van der Waals surface area contributed by atoms with Crippen LogP contribution in [0.25, 0.3) is 10.9 Å². The second kappa shape index (κ2) is 9.06. The lowest BCUT2D eigenvalue weighted by atomic mass is 10.0. The Morgan fingerprint density at radius 3 is 2.31 bits per heavy atom. The van der Waals surface area contributed by atoms with E-state index in [9.17, 15) is 14.0 Å². The van der Waals surface area contributed by atoms with Gasteiger partial charge in [0.1, 0.15) is 17.3 Å². The minimum atomic E-state index is -0.531. The average molecular weight is 431 g/mol. The monoisotopic (exact) mass is 431 g/mol. The molecule has 0 unspecified atom stereocenters. The largest absolute Gasteiger partial charge is 0.497 e. The Morgan fingerprint density at radius 1 is 0.969 bits per heavy atom. The van der Waals surface area contributed by atoms with E-state index in [4.69, 9.17) is 9.47 Å². The molecular weight excluding hydrogens is 409 g/mol. The number of ketones is 1. The Labute approximate surface area is 184 Å². The van der Waals surface area contributed by atoms with Crippen LogP contribution in [0.2, 0.25) is 0 Å². The average Bonchev–Trinajstić information content (AvgIpc) is 2.81. The molecule has 0 atom stereocenters. The highest BCUT2D eigenvalue weighted by Crippen LogP contribution is 2.20. The van der Waals surface area contributed by atoms with Gasteiger partial charge in [-0.2, -0.15) is 0 Å². The zero-order chi connectivity index (χ0) is 22.7. The minimum Gasteiger partial charge on any atom is -0.497 e. The van der Waals surface area contributed by atoms with Crippen molar-refractivity contribution in [2.75, 3.05) is 13.7 Å². The number of carbonyl (C=O) groups excluding carboxylic acids is 1. The lowest BCUT2D eigenvalue weighted by Gasteiger charge is -2.14. The number of nitrogens with zero attached hydrogens (tertiary/aromatic N) is 1. The van der Waals surface area contributed by atoms with Gasteiger partial charge in [-0.25, -0.2) is 4.39 Å². The third-order valence-corrected chi connectivity index (χ3v) is 5.23. The summed E-state index contributed by atoms with van der Waals surface area (Å²) in [6.45, 7) is 2.79. The molecular formula is C26H22FNO4. The first-order valence-electron chi connectivity index (χ1n) is 10.2. The second-order valence-corrected chi connectivity index (χ2v) is 7.30. The van der Waals surface area contributed by atoms with Crippen molar-refractivity contribution in [3.8, 4) is 11.5 Å². The standard InChI is InChI=1S/C26H22FNO4/c1-3-32-21-11-6-18(7-12-21)25(29)23-16-28(15-17-4-9-20(31-2)10-5-17)24-13-8-19(27)14-22(24)26(23)30/h4-14,16H,3,15H2,1-2H3. The minimum absolute atomic E-state index is 0.0132. The lowest BCUT2D eigenvalue weighted by molar-refractivity contribution is 0.103. The van der Waals surface area contributed by atoms with E-state index in [2.05, 4.69) is 0 Å². The van der Waals surface area contributed by atoms with Crippen LogP contribution in [0, 0.1) is 5.82 Å². The molecule has 6 heteroatoms. The number of rotatable bonds is 7. The number of benzene rings is 3. The molecule has 0 fully saturated rings. The number of pyridine rings is 1. The number of fused-ring (bicyclic) bond motifs is 1. The van der Waals surface area contributed by atoms with Crippen LogP contribution in [0.4, 0.5) is 4.39 Å². The zero-order valence-corrected chi connectivity index (χ0v) is 17.8. The fourth-order valence-corrected chi connectivity index (χ4v) is 3.61. The molecule has 0 aliphatic heterocycles. The summed E-state index contributed by atoms with van der Waals surface area (Å²) in [6, 6.07) is 18.1. The maximum absolute atomic E-state index is 14.0. The number of carbonyl (C=O) groups is 1. The van der Waals surface area contributed by atoms with Crippen molar-refractivity contribution in [2.24, 2.45) is 0 Å². The van der Waals surface area contributed by atoms with Crippen LogP contribution in [0.1, 0.15) is 28.4 Å². The Kier molecular flexibility index (Phi) is 6.03. The van der Waals surface area contributed by atoms with Crippen LogP contribution >= 0.6 is 0 Å². The number of halogens is 1. The van der Waals surface area contributed by atoms with Crippen molar-refractivity contribution in [3.05, 3.63) is 106 Å². The first-order chi connectivity index (χ1) is 15.5. The predicted octanol–water partition coefficient (Wildman–Crippen LogP) is 4.83. The van der Waals surface area contributed by atoms with Crippen molar-refractivity contribution in [2.45, 2.75) is 13.5 Å². The molecule has 4 rings (SSSR count). The highest BCUT2D eigenvalue weighted by Gasteiger charge is 2.18. The van der Waals surface area contributed by atoms with E-state index in [0.717, 1.165) is 11.3 Å². The van der Waals surface area contributed by atoms with Gasteiger partial charge in [0.05, 0.1) is 24.8 Å². The summed E-state index contributed by atoms with van der Waals surface area (Å²) in [5.41, 5.74) is 1.34. The fraction of sp³-hybridized carbons (Fsp3) is 0.154. The van der Waals surface area contributed by atoms with Gasteiger partial charge in [0.2, 0.25) is 5.43 Å². The van der Waals surface area contributed by atoms with E-state index in [0.29, 0.717) is 30.0 Å². The third-order valence-electron chi connectivity index (χ3n) is 5.23. The van der Waals surface area contributed by atoms with Gasteiger partial charge in [-0.1, -0.05) is 12.1 Å². The topological polar surface area (TPSA) is 57.5 Å². The summed E-state index contributed by atoms with van der Waals surface area (Å²) < 4.78 is 26.4. The number of hydrogen-bond donors (Lipinski definition) is 0. The Balaban J connectivity index is 1.80. The maximum Gasteiger partial charge on any atom is 0.200 e. The summed E-state index contributed by atoms with van der Waals surface area (Å²) in [5.74, 6) is 0.414. The highest BCUT2D eigenvalue weighted by molar-refractivity contribution is 6.10. The summed E-state index contributed by atoms with van der Waals surface area (Å²) >= 11 is 0. The molecule has 0 aliphatic carbocycles. The maximum atomic E-state index is 14.0. The van der Waals surface area contributed by atoms with E-state index >= 15 is 0 Å². The smallest absolute Gasteiger partial charge is 0.200 e. The number of aromatic nitrogens is 1. The van der Waals surface area contributed by atoms with Gasteiger partial charge in [0.25, 0.3) is 0 Å². The van der Waals surface area contributed by atoms with Gasteiger partial charge in [0.15, 0.2) is 5.78 Å². The molecule has 32 heavy (non-hydrogen) atoms. The van der Waals surface area contributed by atoms with Crippen molar-refractivity contribution in [1.82, 2.24) is 4.57 Å². The van der Waals surface area contributed by atoms with E-state index in [1.54, 1.807) is 48.2 Å². The number of ether oxygens (including phenoxy) is 2. The van der Waals surface area contributed by atoms with Crippen LogP contribution in [0.3, 0.4) is 0 Å². The Hall–Kier alpha value is -3.93. The summed E-state index contributed by atoms with van der Waals surface area (Å²) in [5, 5.41) is 0.162. The van der Waals surface area contributed by atoms with Gasteiger partial charge in [-0.05, 0) is 67.1 Å². The SMILES string of the molecule is CCOc1ccc(C(=O)c2cn(Cc3ccc(OC)cc3)c3ccc(F)cc3c2=O)cc1. The fourth-order valence-electron chi connectivity index (χ4n) is 3.61. The second-order valence-electron chi connectivity index (χ2n) is 7.30. The zero-order valence-electron chi connectivity index (χ0n) is 17.8. The molecule has 0 bridgehead atoms. The van der Waals surface area contributed by atoms with E-state index in [-0.39, 0.29) is 10.9 Å². The van der Waals surface area contributed by atoms with Gasteiger partial charge in [0, 0.05) is 23.7 Å². The van der Waals surface area contributed by atoms with Crippen LogP contribution < -0.4 is 14.9 Å². The molecule has 0 saturated heterocycles. The predicted molar refractivity (Wildman–Crippen MR) is 121 cm³/mol. The summed E-state index contributed by atoms with van der Waals surface area (Å²) in [7, 11) is 1.59. The Bertz CT molecular complexity index is 1330. The van der Waals surface area contributed by atoms with Gasteiger partial charge < -0.3 is 14.0 Å². The van der Waals surface area contributed by atoms with E-state index in [1.165, 1.54) is 12.1 Å². The normalized spacial score (nSPS) is 10.8. The highest BCUT2D eigenvalue weighted by atomic mass is 19.1. The van der Waals surface area contributed by atoms with Gasteiger partial charge in [-0.15, -0.1) is 0 Å². The van der Waals surface area contributed by atoms with Gasteiger partial charge >= 0.3 is 0 Å². The van der Waals surface area contributed by atoms with Crippen LogP contribution in [0.5, 0.6) is 11.5 Å². The molecule has 1 aromatic heterocycles. The van der Waals surface area contributed by atoms with Crippen LogP contribution in [0.15, 0.2) is 77.7 Å². The molecule has 162 valence electrons. The molecule has 0 amide bonds. The van der Waals surface area contributed by atoms with E-state index in [1.807, 2.05) is 31.2 Å². The molecule has 0 saturated carbocycles. The van der Waals surface area contributed by atoms with Crippen molar-refractivity contribution < 1.29 is 18.7 Å². The molecule has 0 N–H and O–H groups in total. The molecule has 3 aromatic carbocycles. The molecule has 4 aromatic rings. The van der Waals surface area contributed by atoms with Crippen molar-refractivity contribution >= 4 is 16.7 Å². The van der Waals surface area contributed by atoms with E-state index < -0.39 is 17.0 Å². The quantitative estimate of drug-likeness (QED) is 0.394. The lowest BCUT2D eigenvalue weighted by Crippen LogP contribution is -2.20. The first-order valence-corrected chi connectivity index (χ1v) is 10.2. The first kappa shape index (κ1) is 21.3. The van der Waals surface area contributed by atoms with Gasteiger partial charge in [-0.3, -0.25) is 9.59 Å². The van der Waals surface area contributed by atoms with Crippen molar-refractivity contribution in [1.29, 1.82) is 0 Å². The third kappa shape index (κ3) is 4.25. The summed E-state index contributed by atoms with van der Waals surface area (Å²) in [6.07, 6.45) is 1.55. The van der Waals surface area contributed by atoms with Crippen LogP contribution in [-0.4, -0.2) is 24.1 Å². The molecule has 0 aliphatic rings. The molecule has 0 spiro atoms. The molecule has 1 heterocycles. The number of methoxy groups -OCH3 is 1. The number of hydrogen-bond acceptors (Lipinski definition) is 4. The summed E-state index contributed by atoms with van der Waals surface area (Å²) in [4.78, 5) is 26.3. The molecule has 5 nitrogen and oxygen atoms in total. The van der Waals surface area contributed by atoms with Crippen molar-refractivity contribution in [3.63, 3.8) is 0 Å². The Morgan fingerprint density at radius 2 is 1.66 bits per heavy atom. The molecule has 0 radical (unpaired) electrons. The van der Waals surface area contributed by atoms with Crippen LogP contribution in [-0.2, 0) is 6.54 Å².